The zero-order valence-corrected chi connectivity index (χ0v) is 12.3. The Balaban J connectivity index is 2.67. The van der Waals surface area contributed by atoms with Crippen LogP contribution in [0.3, 0.4) is 0 Å². The van der Waals surface area contributed by atoms with Gasteiger partial charge in [-0.1, -0.05) is 0 Å². The molecule has 18 heavy (non-hydrogen) atoms. The minimum Gasteiger partial charge on any atom is -0.464 e. The molecule has 5 nitrogen and oxygen atoms in total. The molecule has 1 N–H and O–H groups in total. The fourth-order valence-electron chi connectivity index (χ4n) is 1.49. The number of anilines is 1. The Hall–Kier alpha value is -1.14. The molecule has 1 aromatic heterocycles. The monoisotopic (exact) mass is 272 g/mol. The van der Waals surface area contributed by atoms with Gasteiger partial charge in [-0.15, -0.1) is 11.3 Å². The molecule has 0 spiro atoms. The Morgan fingerprint density at radius 3 is 2.72 bits per heavy atom. The first-order chi connectivity index (χ1) is 8.39. The Morgan fingerprint density at radius 1 is 1.50 bits per heavy atom. The number of nitrogens with one attached hydrogen (secondary N) is 1. The van der Waals surface area contributed by atoms with E-state index in [0.717, 1.165) is 4.88 Å². The van der Waals surface area contributed by atoms with Gasteiger partial charge in [-0.2, -0.15) is 0 Å². The lowest BCUT2D eigenvalue weighted by molar-refractivity contribution is 0.000695. The zero-order chi connectivity index (χ0) is 13.8. The van der Waals surface area contributed by atoms with Crippen molar-refractivity contribution in [2.24, 2.45) is 0 Å². The Morgan fingerprint density at radius 2 is 2.17 bits per heavy atom. The molecule has 6 heteroatoms. The van der Waals surface area contributed by atoms with E-state index >= 15 is 0 Å². The van der Waals surface area contributed by atoms with Gasteiger partial charge in [0.2, 0.25) is 0 Å². The van der Waals surface area contributed by atoms with Crippen LogP contribution >= 0.6 is 11.3 Å². The van der Waals surface area contributed by atoms with Crippen molar-refractivity contribution in [3.63, 3.8) is 0 Å². The number of carbonyl (C=O) groups excluding carboxylic acids is 1. The van der Waals surface area contributed by atoms with Crippen LogP contribution in [-0.4, -0.2) is 36.8 Å². The number of hydrogen-bond acceptors (Lipinski definition) is 6. The van der Waals surface area contributed by atoms with Crippen LogP contribution in [0, 0.1) is 6.92 Å². The van der Waals surface area contributed by atoms with Crippen LogP contribution in [-0.2, 0) is 9.47 Å². The topological polar surface area (TPSA) is 60.5 Å². The molecule has 1 rings (SSSR count). The van der Waals surface area contributed by atoms with Crippen molar-refractivity contribution in [1.29, 1.82) is 0 Å². The molecular weight excluding hydrogens is 252 g/mol. The fraction of sp³-hybridized carbons (Fsp3) is 0.667. The van der Waals surface area contributed by atoms with Crippen molar-refractivity contribution in [2.45, 2.75) is 33.3 Å². The van der Waals surface area contributed by atoms with E-state index in [9.17, 15) is 4.79 Å². The summed E-state index contributed by atoms with van der Waals surface area (Å²) in [5.74, 6) is -0.402. The molecule has 0 aliphatic carbocycles. The number of rotatable bonds is 6. The summed E-state index contributed by atoms with van der Waals surface area (Å²) in [4.78, 5) is 16.5. The van der Waals surface area contributed by atoms with Crippen molar-refractivity contribution in [2.75, 3.05) is 25.6 Å². The fourth-order valence-corrected chi connectivity index (χ4v) is 2.29. The van der Waals surface area contributed by atoms with Gasteiger partial charge in [0.1, 0.15) is 0 Å². The van der Waals surface area contributed by atoms with Gasteiger partial charge >= 0.3 is 5.97 Å². The SMILES string of the molecule is CCOC(C)(C)CNc1nc(C(=O)OC)c(C)s1. The van der Waals surface area contributed by atoms with Crippen LogP contribution in [0.2, 0.25) is 0 Å². The highest BCUT2D eigenvalue weighted by Gasteiger charge is 2.20. The molecule has 0 fully saturated rings. The summed E-state index contributed by atoms with van der Waals surface area (Å²) in [6.45, 7) is 9.12. The highest BCUT2D eigenvalue weighted by molar-refractivity contribution is 7.15. The molecule has 0 aromatic carbocycles. The summed E-state index contributed by atoms with van der Waals surface area (Å²) in [5, 5.41) is 3.89. The first-order valence-corrected chi connectivity index (χ1v) is 6.65. The van der Waals surface area contributed by atoms with Crippen LogP contribution in [0.15, 0.2) is 0 Å². The molecule has 102 valence electrons. The largest absolute Gasteiger partial charge is 0.464 e. The quantitative estimate of drug-likeness (QED) is 0.806. The highest BCUT2D eigenvalue weighted by Crippen LogP contribution is 2.23. The molecule has 1 aromatic rings. The second-order valence-electron chi connectivity index (χ2n) is 4.46. The average Bonchev–Trinajstić information content (AvgIpc) is 2.67. The number of ether oxygens (including phenoxy) is 2. The van der Waals surface area contributed by atoms with Gasteiger partial charge in [0.15, 0.2) is 10.8 Å². The van der Waals surface area contributed by atoms with Crippen LogP contribution in [0.25, 0.3) is 0 Å². The molecule has 0 saturated carbocycles. The van der Waals surface area contributed by atoms with E-state index in [0.29, 0.717) is 24.0 Å². The van der Waals surface area contributed by atoms with Crippen LogP contribution in [0.4, 0.5) is 5.13 Å². The molecule has 0 radical (unpaired) electrons. The zero-order valence-electron chi connectivity index (χ0n) is 11.5. The van der Waals surface area contributed by atoms with Gasteiger partial charge in [-0.25, -0.2) is 9.78 Å². The minimum absolute atomic E-state index is 0.264. The van der Waals surface area contributed by atoms with E-state index in [4.69, 9.17) is 4.74 Å². The molecular formula is C12H20N2O3S. The normalized spacial score (nSPS) is 11.4. The Labute approximate surface area is 112 Å². The number of esters is 1. The number of carbonyl (C=O) groups is 1. The molecule has 0 unspecified atom stereocenters. The van der Waals surface area contributed by atoms with Gasteiger partial charge in [0.05, 0.1) is 12.7 Å². The van der Waals surface area contributed by atoms with Crippen molar-refractivity contribution in [1.82, 2.24) is 4.98 Å². The number of aromatic nitrogens is 1. The summed E-state index contributed by atoms with van der Waals surface area (Å²) in [7, 11) is 1.35. The Bertz CT molecular complexity index is 415. The summed E-state index contributed by atoms with van der Waals surface area (Å²) in [5.41, 5.74) is 0.110. The predicted molar refractivity (Wildman–Crippen MR) is 72.4 cm³/mol. The van der Waals surface area contributed by atoms with E-state index in [1.54, 1.807) is 0 Å². The number of thiazole rings is 1. The first kappa shape index (κ1) is 14.9. The van der Waals surface area contributed by atoms with Gasteiger partial charge in [0.25, 0.3) is 0 Å². The lowest BCUT2D eigenvalue weighted by Gasteiger charge is -2.24. The smallest absolute Gasteiger partial charge is 0.357 e. The summed E-state index contributed by atoms with van der Waals surface area (Å²) in [6, 6.07) is 0. The number of nitrogens with zero attached hydrogens (tertiary/aromatic N) is 1. The number of aryl methyl sites for hydroxylation is 1. The molecule has 0 aliphatic rings. The van der Waals surface area contributed by atoms with E-state index in [-0.39, 0.29) is 5.60 Å². The van der Waals surface area contributed by atoms with E-state index in [1.807, 2.05) is 27.7 Å². The number of methoxy groups -OCH3 is 1. The lowest BCUT2D eigenvalue weighted by atomic mass is 10.1. The van der Waals surface area contributed by atoms with Gasteiger partial charge in [0, 0.05) is 18.0 Å². The first-order valence-electron chi connectivity index (χ1n) is 5.83. The third-order valence-electron chi connectivity index (χ3n) is 2.38. The van der Waals surface area contributed by atoms with Crippen LogP contribution in [0.1, 0.15) is 36.1 Å². The van der Waals surface area contributed by atoms with E-state index < -0.39 is 5.97 Å². The van der Waals surface area contributed by atoms with Crippen molar-refractivity contribution < 1.29 is 14.3 Å². The summed E-state index contributed by atoms with van der Waals surface area (Å²) < 4.78 is 10.2. The molecule has 1 heterocycles. The van der Waals surface area contributed by atoms with Gasteiger partial charge in [-0.3, -0.25) is 0 Å². The molecule has 0 atom stereocenters. The standard InChI is InChI=1S/C12H20N2O3S/c1-6-17-12(3,4)7-13-11-14-9(8(2)18-11)10(15)16-5/h6-7H2,1-5H3,(H,13,14). The molecule has 0 amide bonds. The van der Waals surface area contributed by atoms with E-state index in [1.165, 1.54) is 18.4 Å². The highest BCUT2D eigenvalue weighted by atomic mass is 32.1. The van der Waals surface area contributed by atoms with Crippen molar-refractivity contribution >= 4 is 22.4 Å². The second-order valence-corrected chi connectivity index (χ2v) is 5.66. The molecule has 0 saturated heterocycles. The molecule has 0 bridgehead atoms. The van der Waals surface area contributed by atoms with Crippen LogP contribution in [0.5, 0.6) is 0 Å². The van der Waals surface area contributed by atoms with E-state index in [2.05, 4.69) is 15.0 Å². The van der Waals surface area contributed by atoms with Gasteiger partial charge < -0.3 is 14.8 Å². The minimum atomic E-state index is -0.402. The van der Waals surface area contributed by atoms with Crippen molar-refractivity contribution in [3.05, 3.63) is 10.6 Å². The predicted octanol–water partition coefficient (Wildman–Crippen LogP) is 2.47. The third kappa shape index (κ3) is 3.96. The third-order valence-corrected chi connectivity index (χ3v) is 3.30. The molecule has 0 aliphatic heterocycles. The van der Waals surface area contributed by atoms with Gasteiger partial charge in [-0.05, 0) is 27.7 Å². The lowest BCUT2D eigenvalue weighted by Crippen LogP contribution is -2.33. The van der Waals surface area contributed by atoms with Crippen molar-refractivity contribution in [3.8, 4) is 0 Å². The maximum Gasteiger partial charge on any atom is 0.357 e. The van der Waals surface area contributed by atoms with Crippen LogP contribution < -0.4 is 5.32 Å². The summed E-state index contributed by atoms with van der Waals surface area (Å²) in [6.07, 6.45) is 0. The second kappa shape index (κ2) is 6.15. The Kier molecular flexibility index (Phi) is 5.10. The summed E-state index contributed by atoms with van der Waals surface area (Å²) >= 11 is 1.44. The maximum atomic E-state index is 11.4. The average molecular weight is 272 g/mol. The number of hydrogen-bond donors (Lipinski definition) is 1. The maximum absolute atomic E-state index is 11.4.